The van der Waals surface area contributed by atoms with E-state index in [9.17, 15) is 14.4 Å². The van der Waals surface area contributed by atoms with Crippen molar-refractivity contribution in [2.24, 2.45) is 5.92 Å². The molecule has 3 unspecified atom stereocenters. The van der Waals surface area contributed by atoms with Crippen LogP contribution in [0.15, 0.2) is 18.2 Å². The van der Waals surface area contributed by atoms with Crippen molar-refractivity contribution in [1.82, 2.24) is 15.5 Å². The SMILES string of the molecule is CCCCCCCCN(C(=O)C(NC(=O)OC(C)(C)C)C(C)CC)C(C(=O)NC(C)(C)C)c1cc(C)ccc1C. The summed E-state index contributed by atoms with van der Waals surface area (Å²) < 4.78 is 5.52. The van der Waals surface area contributed by atoms with Gasteiger partial charge in [-0.25, -0.2) is 4.79 Å². The second-order valence-corrected chi connectivity index (χ2v) is 13.3. The van der Waals surface area contributed by atoms with Crippen molar-refractivity contribution in [2.75, 3.05) is 6.54 Å². The summed E-state index contributed by atoms with van der Waals surface area (Å²) in [6.07, 6.45) is 6.40. The van der Waals surface area contributed by atoms with E-state index < -0.39 is 29.3 Å². The molecule has 0 heterocycles. The van der Waals surface area contributed by atoms with Gasteiger partial charge in [-0.3, -0.25) is 9.59 Å². The van der Waals surface area contributed by atoms with Crippen LogP contribution in [0.1, 0.15) is 130 Å². The number of amides is 3. The molecule has 0 aliphatic rings. The molecule has 0 saturated heterocycles. The van der Waals surface area contributed by atoms with Gasteiger partial charge in [0.15, 0.2) is 0 Å². The number of unbranched alkanes of at least 4 members (excludes halogenated alkanes) is 5. The Balaban J connectivity index is 3.59. The fraction of sp³-hybridized carbons (Fsp3) is 0.727. The summed E-state index contributed by atoms with van der Waals surface area (Å²) in [5, 5.41) is 5.99. The number of hydrogen-bond acceptors (Lipinski definition) is 4. The molecule has 3 amide bonds. The molecule has 0 bridgehead atoms. The van der Waals surface area contributed by atoms with Crippen LogP contribution in [0.4, 0.5) is 4.79 Å². The Morgan fingerprint density at radius 1 is 0.925 bits per heavy atom. The minimum absolute atomic E-state index is 0.156. The zero-order chi connectivity index (χ0) is 30.7. The third kappa shape index (κ3) is 12.3. The van der Waals surface area contributed by atoms with Crippen LogP contribution in [-0.2, 0) is 14.3 Å². The average Bonchev–Trinajstić information content (AvgIpc) is 2.82. The van der Waals surface area contributed by atoms with E-state index in [2.05, 4.69) is 17.6 Å². The van der Waals surface area contributed by atoms with Crippen LogP contribution in [0.5, 0.6) is 0 Å². The van der Waals surface area contributed by atoms with Crippen molar-refractivity contribution in [3.63, 3.8) is 0 Å². The quantitative estimate of drug-likeness (QED) is 0.233. The van der Waals surface area contributed by atoms with Gasteiger partial charge in [-0.1, -0.05) is 83.1 Å². The lowest BCUT2D eigenvalue weighted by Crippen LogP contribution is -2.56. The monoisotopic (exact) mass is 559 g/mol. The highest BCUT2D eigenvalue weighted by molar-refractivity contribution is 5.92. The normalized spacial score (nSPS) is 14.2. The van der Waals surface area contributed by atoms with E-state index in [-0.39, 0.29) is 17.7 Å². The van der Waals surface area contributed by atoms with Gasteiger partial charge in [-0.2, -0.15) is 0 Å². The first kappa shape index (κ1) is 35.5. The second-order valence-electron chi connectivity index (χ2n) is 13.3. The molecule has 7 nitrogen and oxygen atoms in total. The second kappa shape index (κ2) is 16.0. The van der Waals surface area contributed by atoms with E-state index in [0.717, 1.165) is 42.4 Å². The number of aryl methyl sites for hydroxylation is 2. The van der Waals surface area contributed by atoms with Crippen molar-refractivity contribution in [2.45, 2.75) is 144 Å². The van der Waals surface area contributed by atoms with Crippen LogP contribution < -0.4 is 10.6 Å². The minimum atomic E-state index is -0.825. The molecule has 0 fully saturated rings. The Hall–Kier alpha value is -2.57. The number of nitrogens with one attached hydrogen (secondary N) is 2. The van der Waals surface area contributed by atoms with Gasteiger partial charge in [0.2, 0.25) is 11.8 Å². The summed E-state index contributed by atoms with van der Waals surface area (Å²) in [7, 11) is 0. The molecule has 0 aliphatic carbocycles. The third-order valence-electron chi connectivity index (χ3n) is 6.97. The lowest BCUT2D eigenvalue weighted by Gasteiger charge is -2.38. The molecule has 0 saturated carbocycles. The van der Waals surface area contributed by atoms with Crippen molar-refractivity contribution in [3.05, 3.63) is 34.9 Å². The highest BCUT2D eigenvalue weighted by Crippen LogP contribution is 2.29. The van der Waals surface area contributed by atoms with Crippen molar-refractivity contribution in [3.8, 4) is 0 Å². The van der Waals surface area contributed by atoms with Gasteiger partial charge in [-0.15, -0.1) is 0 Å². The molecular formula is C33H57N3O4. The van der Waals surface area contributed by atoms with E-state index in [1.165, 1.54) is 12.8 Å². The topological polar surface area (TPSA) is 87.7 Å². The number of benzene rings is 1. The van der Waals surface area contributed by atoms with Gasteiger partial charge in [0.05, 0.1) is 0 Å². The molecular weight excluding hydrogens is 502 g/mol. The van der Waals surface area contributed by atoms with E-state index in [4.69, 9.17) is 4.74 Å². The maximum atomic E-state index is 14.5. The smallest absolute Gasteiger partial charge is 0.408 e. The predicted octanol–water partition coefficient (Wildman–Crippen LogP) is 7.39. The minimum Gasteiger partial charge on any atom is -0.444 e. The van der Waals surface area contributed by atoms with Gasteiger partial charge in [0, 0.05) is 12.1 Å². The van der Waals surface area contributed by atoms with Gasteiger partial charge in [0.1, 0.15) is 17.7 Å². The molecule has 0 aliphatic heterocycles. The first-order valence-electron chi connectivity index (χ1n) is 15.2. The molecule has 1 aromatic rings. The Morgan fingerprint density at radius 2 is 1.52 bits per heavy atom. The highest BCUT2D eigenvalue weighted by Gasteiger charge is 2.39. The van der Waals surface area contributed by atoms with Crippen LogP contribution in [-0.4, -0.2) is 46.5 Å². The average molecular weight is 560 g/mol. The van der Waals surface area contributed by atoms with Crippen LogP contribution in [0, 0.1) is 19.8 Å². The van der Waals surface area contributed by atoms with Gasteiger partial charge in [0.25, 0.3) is 0 Å². The molecule has 1 rings (SSSR count). The summed E-state index contributed by atoms with van der Waals surface area (Å²) >= 11 is 0. The van der Waals surface area contributed by atoms with Crippen molar-refractivity contribution >= 4 is 17.9 Å². The number of hydrogen-bond donors (Lipinski definition) is 2. The number of rotatable bonds is 14. The van der Waals surface area contributed by atoms with Gasteiger partial charge in [-0.05, 0) is 78.9 Å². The molecule has 2 N–H and O–H groups in total. The molecule has 228 valence electrons. The lowest BCUT2D eigenvalue weighted by molar-refractivity contribution is -0.144. The Labute approximate surface area is 244 Å². The number of alkyl carbamates (subject to hydrolysis) is 1. The first-order chi connectivity index (χ1) is 18.5. The molecule has 1 aromatic carbocycles. The molecule has 7 heteroatoms. The Bertz CT molecular complexity index is 961. The number of carbonyl (C=O) groups excluding carboxylic acids is 3. The molecule has 0 spiro atoms. The number of nitrogens with zero attached hydrogens (tertiary/aromatic N) is 1. The summed E-state index contributed by atoms with van der Waals surface area (Å²) in [5.74, 6) is -0.638. The lowest BCUT2D eigenvalue weighted by atomic mass is 9.92. The van der Waals surface area contributed by atoms with Gasteiger partial charge >= 0.3 is 6.09 Å². The number of ether oxygens (including phenoxy) is 1. The zero-order valence-corrected chi connectivity index (χ0v) is 27.2. The van der Waals surface area contributed by atoms with E-state index in [1.807, 2.05) is 66.7 Å². The van der Waals surface area contributed by atoms with Crippen molar-refractivity contribution < 1.29 is 19.1 Å². The number of carbonyl (C=O) groups is 3. The van der Waals surface area contributed by atoms with E-state index in [1.54, 1.807) is 25.7 Å². The molecule has 0 aromatic heterocycles. The molecule has 0 radical (unpaired) electrons. The molecule has 40 heavy (non-hydrogen) atoms. The van der Waals surface area contributed by atoms with E-state index >= 15 is 0 Å². The van der Waals surface area contributed by atoms with Crippen LogP contribution in [0.25, 0.3) is 0 Å². The molecule has 3 atom stereocenters. The standard InChI is InChI=1S/C33H57N3O4/c1-12-14-15-16-17-18-21-36(30(38)27(24(4)13-2)34-31(39)40-33(9,10)11)28(29(37)35-32(6,7)8)26-22-23(3)19-20-25(26)5/h19-20,22,24,27-28H,12-18,21H2,1-11H3,(H,34,39)(H,35,37). The first-order valence-corrected chi connectivity index (χ1v) is 15.2. The summed E-state index contributed by atoms with van der Waals surface area (Å²) in [6, 6.07) is 4.37. The maximum absolute atomic E-state index is 14.5. The third-order valence-corrected chi connectivity index (χ3v) is 6.97. The predicted molar refractivity (Wildman–Crippen MR) is 164 cm³/mol. The van der Waals surface area contributed by atoms with Crippen LogP contribution in [0.3, 0.4) is 0 Å². The maximum Gasteiger partial charge on any atom is 0.408 e. The Morgan fingerprint density at radius 3 is 2.08 bits per heavy atom. The van der Waals surface area contributed by atoms with E-state index in [0.29, 0.717) is 13.0 Å². The van der Waals surface area contributed by atoms with Crippen LogP contribution in [0.2, 0.25) is 0 Å². The van der Waals surface area contributed by atoms with Crippen molar-refractivity contribution in [1.29, 1.82) is 0 Å². The zero-order valence-electron chi connectivity index (χ0n) is 27.2. The fourth-order valence-corrected chi connectivity index (χ4v) is 4.67. The van der Waals surface area contributed by atoms with Crippen LogP contribution >= 0.6 is 0 Å². The highest BCUT2D eigenvalue weighted by atomic mass is 16.6. The Kier molecular flexibility index (Phi) is 14.2. The largest absolute Gasteiger partial charge is 0.444 e. The summed E-state index contributed by atoms with van der Waals surface area (Å²) in [5.41, 5.74) is 1.60. The van der Waals surface area contributed by atoms with Gasteiger partial charge < -0.3 is 20.3 Å². The summed E-state index contributed by atoms with van der Waals surface area (Å²) in [4.78, 5) is 43.0. The summed E-state index contributed by atoms with van der Waals surface area (Å²) in [6.45, 7) is 21.7. The fourth-order valence-electron chi connectivity index (χ4n) is 4.67.